The first-order chi connectivity index (χ1) is 11.7. The molecule has 4 nitrogen and oxygen atoms in total. The fraction of sp³-hybridized carbons (Fsp3) is 0.350. The van der Waals surface area contributed by atoms with Crippen LogP contribution in [0.3, 0.4) is 0 Å². The van der Waals surface area contributed by atoms with Crippen LogP contribution in [0.5, 0.6) is 11.5 Å². The SMILES string of the molecule is CC[C@@H](Oc1ccccc1)C(=O)NCCCc1ccccc1OC. The average molecular weight is 327 g/mol. The van der Waals surface area contributed by atoms with Crippen LogP contribution in [0.1, 0.15) is 25.3 Å². The molecule has 1 N–H and O–H groups in total. The van der Waals surface area contributed by atoms with Crippen LogP contribution in [-0.2, 0) is 11.2 Å². The summed E-state index contributed by atoms with van der Waals surface area (Å²) >= 11 is 0. The van der Waals surface area contributed by atoms with Gasteiger partial charge in [-0.1, -0.05) is 43.3 Å². The molecular formula is C20H25NO3. The number of carbonyl (C=O) groups excluding carboxylic acids is 1. The Morgan fingerprint density at radius 3 is 2.50 bits per heavy atom. The molecule has 1 amide bonds. The monoisotopic (exact) mass is 327 g/mol. The van der Waals surface area contributed by atoms with Gasteiger partial charge in [0.1, 0.15) is 11.5 Å². The molecule has 2 rings (SSSR count). The van der Waals surface area contributed by atoms with E-state index < -0.39 is 6.10 Å². The quantitative estimate of drug-likeness (QED) is 0.716. The molecule has 0 aliphatic carbocycles. The van der Waals surface area contributed by atoms with E-state index in [1.807, 2.05) is 61.5 Å². The molecule has 0 aliphatic heterocycles. The number of aryl methyl sites for hydroxylation is 1. The molecule has 0 aromatic heterocycles. The van der Waals surface area contributed by atoms with Crippen molar-refractivity contribution in [1.82, 2.24) is 5.32 Å². The van der Waals surface area contributed by atoms with Crippen LogP contribution in [0.15, 0.2) is 54.6 Å². The fourth-order valence-electron chi connectivity index (χ4n) is 2.50. The highest BCUT2D eigenvalue weighted by Crippen LogP contribution is 2.18. The summed E-state index contributed by atoms with van der Waals surface area (Å²) in [4.78, 5) is 12.3. The van der Waals surface area contributed by atoms with Crippen molar-refractivity contribution in [2.75, 3.05) is 13.7 Å². The van der Waals surface area contributed by atoms with Crippen molar-refractivity contribution in [2.24, 2.45) is 0 Å². The highest BCUT2D eigenvalue weighted by atomic mass is 16.5. The minimum Gasteiger partial charge on any atom is -0.496 e. The standard InChI is InChI=1S/C20H25NO3/c1-3-18(24-17-12-5-4-6-13-17)20(22)21-15-9-11-16-10-7-8-14-19(16)23-2/h4-8,10,12-14,18H,3,9,11,15H2,1-2H3,(H,21,22)/t18-/m1/s1. The summed E-state index contributed by atoms with van der Waals surface area (Å²) in [7, 11) is 1.67. The lowest BCUT2D eigenvalue weighted by molar-refractivity contribution is -0.128. The zero-order valence-corrected chi connectivity index (χ0v) is 14.3. The molecule has 0 spiro atoms. The van der Waals surface area contributed by atoms with E-state index >= 15 is 0 Å². The molecule has 0 saturated carbocycles. The summed E-state index contributed by atoms with van der Waals surface area (Å²) in [6.45, 7) is 2.56. The second-order valence-electron chi connectivity index (χ2n) is 5.53. The molecule has 0 heterocycles. The van der Waals surface area contributed by atoms with Gasteiger partial charge in [-0.15, -0.1) is 0 Å². The molecule has 2 aromatic carbocycles. The number of ether oxygens (including phenoxy) is 2. The molecular weight excluding hydrogens is 302 g/mol. The van der Waals surface area contributed by atoms with E-state index in [2.05, 4.69) is 5.32 Å². The third kappa shape index (κ3) is 5.30. The topological polar surface area (TPSA) is 47.6 Å². The lowest BCUT2D eigenvalue weighted by Crippen LogP contribution is -2.38. The van der Waals surface area contributed by atoms with Crippen LogP contribution in [0.25, 0.3) is 0 Å². The molecule has 0 aliphatic rings. The maximum atomic E-state index is 12.3. The minimum atomic E-state index is -0.460. The molecule has 0 radical (unpaired) electrons. The Labute approximate surface area is 143 Å². The zero-order chi connectivity index (χ0) is 17.2. The fourth-order valence-corrected chi connectivity index (χ4v) is 2.50. The Kier molecular flexibility index (Phi) is 7.15. The number of rotatable bonds is 9. The highest BCUT2D eigenvalue weighted by Gasteiger charge is 2.17. The van der Waals surface area contributed by atoms with Gasteiger partial charge in [0, 0.05) is 6.54 Å². The molecule has 1 atom stereocenters. The van der Waals surface area contributed by atoms with Crippen molar-refractivity contribution in [3.8, 4) is 11.5 Å². The van der Waals surface area contributed by atoms with E-state index in [9.17, 15) is 4.79 Å². The van der Waals surface area contributed by atoms with Crippen molar-refractivity contribution in [1.29, 1.82) is 0 Å². The first-order valence-electron chi connectivity index (χ1n) is 8.36. The second kappa shape index (κ2) is 9.60. The Morgan fingerprint density at radius 2 is 1.79 bits per heavy atom. The number of benzene rings is 2. The number of amides is 1. The van der Waals surface area contributed by atoms with E-state index in [-0.39, 0.29) is 5.91 Å². The summed E-state index contributed by atoms with van der Waals surface area (Å²) in [6, 6.07) is 17.4. The smallest absolute Gasteiger partial charge is 0.261 e. The first kappa shape index (κ1) is 17.9. The Bertz CT molecular complexity index is 628. The van der Waals surface area contributed by atoms with Crippen LogP contribution in [0, 0.1) is 0 Å². The number of para-hydroxylation sites is 2. The maximum absolute atomic E-state index is 12.3. The van der Waals surface area contributed by atoms with E-state index in [0.717, 1.165) is 24.2 Å². The average Bonchev–Trinajstić information content (AvgIpc) is 2.64. The third-order valence-corrected chi connectivity index (χ3v) is 3.80. The van der Waals surface area contributed by atoms with E-state index in [1.165, 1.54) is 0 Å². The van der Waals surface area contributed by atoms with Crippen molar-refractivity contribution >= 4 is 5.91 Å². The van der Waals surface area contributed by atoms with Crippen LogP contribution in [0.2, 0.25) is 0 Å². The van der Waals surface area contributed by atoms with Crippen LogP contribution < -0.4 is 14.8 Å². The van der Waals surface area contributed by atoms with Gasteiger partial charge in [-0.2, -0.15) is 0 Å². The largest absolute Gasteiger partial charge is 0.496 e. The summed E-state index contributed by atoms with van der Waals surface area (Å²) in [5.74, 6) is 1.54. The van der Waals surface area contributed by atoms with Gasteiger partial charge in [0.25, 0.3) is 5.91 Å². The number of hydrogen-bond donors (Lipinski definition) is 1. The number of nitrogens with one attached hydrogen (secondary N) is 1. The molecule has 128 valence electrons. The Hall–Kier alpha value is -2.49. The summed E-state index contributed by atoms with van der Waals surface area (Å²) in [5, 5.41) is 2.96. The second-order valence-corrected chi connectivity index (χ2v) is 5.53. The number of methoxy groups -OCH3 is 1. The lowest BCUT2D eigenvalue weighted by atomic mass is 10.1. The van der Waals surface area contributed by atoms with Gasteiger partial charge < -0.3 is 14.8 Å². The molecule has 0 unspecified atom stereocenters. The molecule has 0 fully saturated rings. The van der Waals surface area contributed by atoms with Crippen LogP contribution >= 0.6 is 0 Å². The molecule has 4 heteroatoms. The first-order valence-corrected chi connectivity index (χ1v) is 8.36. The van der Waals surface area contributed by atoms with E-state index in [4.69, 9.17) is 9.47 Å². The predicted molar refractivity (Wildman–Crippen MR) is 95.5 cm³/mol. The maximum Gasteiger partial charge on any atom is 0.261 e. The third-order valence-electron chi connectivity index (χ3n) is 3.80. The van der Waals surface area contributed by atoms with Crippen LogP contribution in [0.4, 0.5) is 0 Å². The highest BCUT2D eigenvalue weighted by molar-refractivity contribution is 5.81. The van der Waals surface area contributed by atoms with E-state index in [0.29, 0.717) is 18.7 Å². The Morgan fingerprint density at radius 1 is 1.08 bits per heavy atom. The number of carbonyl (C=O) groups is 1. The van der Waals surface area contributed by atoms with Gasteiger partial charge in [-0.05, 0) is 43.0 Å². The molecule has 0 saturated heterocycles. The van der Waals surface area contributed by atoms with Gasteiger partial charge in [-0.25, -0.2) is 0 Å². The van der Waals surface area contributed by atoms with Gasteiger partial charge in [0.2, 0.25) is 0 Å². The van der Waals surface area contributed by atoms with Gasteiger partial charge in [0.05, 0.1) is 7.11 Å². The zero-order valence-electron chi connectivity index (χ0n) is 14.3. The van der Waals surface area contributed by atoms with Gasteiger partial charge in [0.15, 0.2) is 6.10 Å². The van der Waals surface area contributed by atoms with Crippen LogP contribution in [-0.4, -0.2) is 25.7 Å². The van der Waals surface area contributed by atoms with Crippen molar-refractivity contribution in [3.63, 3.8) is 0 Å². The lowest BCUT2D eigenvalue weighted by Gasteiger charge is -2.17. The number of hydrogen-bond acceptors (Lipinski definition) is 3. The van der Waals surface area contributed by atoms with Crippen molar-refractivity contribution < 1.29 is 14.3 Å². The van der Waals surface area contributed by atoms with Gasteiger partial charge >= 0.3 is 0 Å². The predicted octanol–water partition coefficient (Wildman–Crippen LogP) is 3.60. The molecule has 0 bridgehead atoms. The summed E-state index contributed by atoms with van der Waals surface area (Å²) in [5.41, 5.74) is 1.15. The molecule has 2 aromatic rings. The normalized spacial score (nSPS) is 11.6. The minimum absolute atomic E-state index is 0.0682. The van der Waals surface area contributed by atoms with Crippen molar-refractivity contribution in [3.05, 3.63) is 60.2 Å². The van der Waals surface area contributed by atoms with Gasteiger partial charge in [-0.3, -0.25) is 4.79 Å². The van der Waals surface area contributed by atoms with E-state index in [1.54, 1.807) is 7.11 Å². The molecule has 24 heavy (non-hydrogen) atoms. The summed E-state index contributed by atoms with van der Waals surface area (Å²) < 4.78 is 11.1. The summed E-state index contributed by atoms with van der Waals surface area (Å²) in [6.07, 6.45) is 1.89. The Balaban J connectivity index is 1.77. The van der Waals surface area contributed by atoms with Crippen molar-refractivity contribution in [2.45, 2.75) is 32.3 Å².